The van der Waals surface area contributed by atoms with Gasteiger partial charge in [-0.15, -0.1) is 0 Å². The van der Waals surface area contributed by atoms with Crippen LogP contribution in [0.5, 0.6) is 11.5 Å². The van der Waals surface area contributed by atoms with Crippen LogP contribution in [0, 0.1) is 11.7 Å². The van der Waals surface area contributed by atoms with Gasteiger partial charge < -0.3 is 39.0 Å². The van der Waals surface area contributed by atoms with Crippen molar-refractivity contribution in [3.05, 3.63) is 89.2 Å². The molecule has 3 aromatic rings. The predicted molar refractivity (Wildman–Crippen MR) is 171 cm³/mol. The standard InChI is InChI=1S/C34H38FN3O10/c1-37(2)25-16-17-26(47-20-45-4)27(28(25)35)30(39)24-11-8-18-38(34(42)43)32(48-33(41)22-9-6-5-7-10-22)29(24)36-31(40)21-12-14-23(15-13-21)46-19-44-3/h5-7,9-10,12-17,24,29,32H,8,11,18-20H2,1-4H3,(H,36,40)(H,42,43). The number of rotatable bonds is 13. The number of nitrogens with one attached hydrogen (secondary N) is 1. The van der Waals surface area contributed by atoms with E-state index in [0.717, 1.165) is 4.90 Å². The summed E-state index contributed by atoms with van der Waals surface area (Å²) in [6.07, 6.45) is -2.99. The Morgan fingerprint density at radius 3 is 2.21 bits per heavy atom. The lowest BCUT2D eigenvalue weighted by Crippen LogP contribution is -2.58. The molecule has 0 saturated carbocycles. The van der Waals surface area contributed by atoms with Crippen molar-refractivity contribution in [3.8, 4) is 11.5 Å². The Balaban J connectivity index is 1.82. The quantitative estimate of drug-likeness (QED) is 0.151. The monoisotopic (exact) mass is 667 g/mol. The predicted octanol–water partition coefficient (Wildman–Crippen LogP) is 4.41. The summed E-state index contributed by atoms with van der Waals surface area (Å²) in [7, 11) is 6.03. The van der Waals surface area contributed by atoms with Crippen molar-refractivity contribution in [2.24, 2.45) is 5.92 Å². The van der Waals surface area contributed by atoms with Gasteiger partial charge in [-0.2, -0.15) is 0 Å². The molecule has 3 atom stereocenters. The molecule has 1 saturated heterocycles. The second kappa shape index (κ2) is 16.6. The molecule has 14 heteroatoms. The minimum absolute atomic E-state index is 0.00604. The Kier molecular flexibility index (Phi) is 12.3. The van der Waals surface area contributed by atoms with Crippen LogP contribution in [0.2, 0.25) is 0 Å². The SMILES string of the molecule is COCOc1ccc(C(=O)NC2C(C(=O)c3c(OCOC)ccc(N(C)C)c3F)CCCN(C(=O)O)C2OC(=O)c2ccccc2)cc1. The minimum Gasteiger partial charge on any atom is -0.468 e. The van der Waals surface area contributed by atoms with Gasteiger partial charge in [-0.05, 0) is 61.4 Å². The molecule has 48 heavy (non-hydrogen) atoms. The molecule has 0 bridgehead atoms. The van der Waals surface area contributed by atoms with Crippen molar-refractivity contribution >= 4 is 29.4 Å². The number of carbonyl (C=O) groups is 4. The molecule has 0 radical (unpaired) electrons. The molecule has 4 rings (SSSR count). The zero-order valence-corrected chi connectivity index (χ0v) is 27.0. The van der Waals surface area contributed by atoms with Gasteiger partial charge in [-0.3, -0.25) is 14.5 Å². The van der Waals surface area contributed by atoms with E-state index in [1.165, 1.54) is 67.7 Å². The minimum atomic E-state index is -1.68. The van der Waals surface area contributed by atoms with E-state index >= 15 is 4.39 Å². The van der Waals surface area contributed by atoms with E-state index in [4.69, 9.17) is 23.7 Å². The molecule has 3 aromatic carbocycles. The lowest BCUT2D eigenvalue weighted by molar-refractivity contribution is -0.0416. The number of halogens is 1. The van der Waals surface area contributed by atoms with Crippen LogP contribution in [0.25, 0.3) is 0 Å². The molecular formula is C34H38FN3O10. The number of ether oxygens (including phenoxy) is 5. The van der Waals surface area contributed by atoms with Gasteiger partial charge in [-0.25, -0.2) is 14.0 Å². The maximum Gasteiger partial charge on any atom is 0.410 e. The van der Waals surface area contributed by atoms with Gasteiger partial charge in [0.15, 0.2) is 25.2 Å². The highest BCUT2D eigenvalue weighted by Crippen LogP contribution is 2.35. The highest BCUT2D eigenvalue weighted by atomic mass is 19.1. The average molecular weight is 668 g/mol. The van der Waals surface area contributed by atoms with E-state index in [1.54, 1.807) is 32.3 Å². The van der Waals surface area contributed by atoms with E-state index in [1.807, 2.05) is 0 Å². The highest BCUT2D eigenvalue weighted by Gasteiger charge is 2.46. The van der Waals surface area contributed by atoms with Crippen LogP contribution in [0.3, 0.4) is 0 Å². The smallest absolute Gasteiger partial charge is 0.410 e. The summed E-state index contributed by atoms with van der Waals surface area (Å²) in [5.41, 5.74) is -0.0758. The van der Waals surface area contributed by atoms with Crippen LogP contribution in [-0.4, -0.2) is 94.5 Å². The van der Waals surface area contributed by atoms with Crippen molar-refractivity contribution in [3.63, 3.8) is 0 Å². The van der Waals surface area contributed by atoms with Crippen LogP contribution in [0.15, 0.2) is 66.7 Å². The maximum absolute atomic E-state index is 16.2. The van der Waals surface area contributed by atoms with Gasteiger partial charge >= 0.3 is 12.1 Å². The number of carbonyl (C=O) groups excluding carboxylic acids is 3. The number of anilines is 1. The molecule has 1 heterocycles. The van der Waals surface area contributed by atoms with E-state index in [2.05, 4.69) is 5.32 Å². The molecule has 0 aliphatic carbocycles. The van der Waals surface area contributed by atoms with E-state index in [0.29, 0.717) is 5.75 Å². The summed E-state index contributed by atoms with van der Waals surface area (Å²) in [6.45, 7) is -0.449. The van der Waals surface area contributed by atoms with Crippen LogP contribution < -0.4 is 19.7 Å². The second-order valence-electron chi connectivity index (χ2n) is 11.0. The van der Waals surface area contributed by atoms with Crippen molar-refractivity contribution < 1.29 is 52.4 Å². The fourth-order valence-corrected chi connectivity index (χ4v) is 5.35. The fourth-order valence-electron chi connectivity index (χ4n) is 5.35. The number of methoxy groups -OCH3 is 2. The number of esters is 1. The zero-order chi connectivity index (χ0) is 34.8. The Morgan fingerprint density at radius 2 is 1.58 bits per heavy atom. The first kappa shape index (κ1) is 35.6. The van der Waals surface area contributed by atoms with Crippen LogP contribution >= 0.6 is 0 Å². The summed E-state index contributed by atoms with van der Waals surface area (Å²) < 4.78 is 42.8. The third kappa shape index (κ3) is 8.38. The Labute approximate surface area is 277 Å². The fraction of sp³-hybridized carbons (Fsp3) is 0.353. The number of benzene rings is 3. The number of ketones is 1. The molecule has 2 amide bonds. The van der Waals surface area contributed by atoms with Crippen LogP contribution in [0.1, 0.15) is 43.9 Å². The molecular weight excluding hydrogens is 629 g/mol. The molecule has 2 N–H and O–H groups in total. The zero-order valence-electron chi connectivity index (χ0n) is 27.0. The maximum atomic E-state index is 16.2. The van der Waals surface area contributed by atoms with Crippen LogP contribution in [0.4, 0.5) is 14.9 Å². The highest BCUT2D eigenvalue weighted by molar-refractivity contribution is 6.03. The molecule has 3 unspecified atom stereocenters. The van der Waals surface area contributed by atoms with Crippen molar-refractivity contribution in [2.75, 3.05) is 53.3 Å². The largest absolute Gasteiger partial charge is 0.468 e. The summed E-state index contributed by atoms with van der Waals surface area (Å²) >= 11 is 0. The molecule has 0 spiro atoms. The average Bonchev–Trinajstić information content (AvgIpc) is 3.25. The first-order chi connectivity index (χ1) is 23.1. The summed E-state index contributed by atoms with van der Waals surface area (Å²) in [5, 5.41) is 13.0. The topological polar surface area (TPSA) is 153 Å². The molecule has 13 nitrogen and oxygen atoms in total. The van der Waals surface area contributed by atoms with Gasteiger partial charge in [-0.1, -0.05) is 18.2 Å². The Hall–Kier alpha value is -5.21. The third-order valence-corrected chi connectivity index (χ3v) is 7.68. The van der Waals surface area contributed by atoms with Gasteiger partial charge in [0, 0.05) is 46.3 Å². The number of carboxylic acid groups (broad SMARTS) is 1. The summed E-state index contributed by atoms with van der Waals surface area (Å²) in [5.74, 6) is -4.23. The van der Waals surface area contributed by atoms with E-state index in [-0.39, 0.29) is 55.5 Å². The molecule has 256 valence electrons. The summed E-state index contributed by atoms with van der Waals surface area (Å²) in [4.78, 5) is 56.5. The van der Waals surface area contributed by atoms with Crippen LogP contribution in [-0.2, 0) is 14.2 Å². The number of amides is 2. The molecule has 1 fully saturated rings. The van der Waals surface area contributed by atoms with Crippen molar-refractivity contribution in [1.29, 1.82) is 0 Å². The number of hydrogen-bond acceptors (Lipinski definition) is 10. The van der Waals surface area contributed by atoms with Gasteiger partial charge in [0.25, 0.3) is 5.91 Å². The van der Waals surface area contributed by atoms with E-state index < -0.39 is 53.3 Å². The Morgan fingerprint density at radius 1 is 0.917 bits per heavy atom. The first-order valence-corrected chi connectivity index (χ1v) is 15.0. The van der Waals surface area contributed by atoms with Crippen molar-refractivity contribution in [2.45, 2.75) is 25.1 Å². The molecule has 1 aliphatic heterocycles. The van der Waals surface area contributed by atoms with E-state index in [9.17, 15) is 24.3 Å². The first-order valence-electron chi connectivity index (χ1n) is 15.0. The molecule has 0 aromatic heterocycles. The van der Waals surface area contributed by atoms with Crippen molar-refractivity contribution in [1.82, 2.24) is 10.2 Å². The van der Waals surface area contributed by atoms with Gasteiger partial charge in [0.2, 0.25) is 6.23 Å². The summed E-state index contributed by atoms with van der Waals surface area (Å²) in [6, 6.07) is 15.3. The normalized spacial score (nSPS) is 17.5. The van der Waals surface area contributed by atoms with Gasteiger partial charge in [0.05, 0.1) is 22.9 Å². The third-order valence-electron chi connectivity index (χ3n) is 7.68. The lowest BCUT2D eigenvalue weighted by atomic mass is 9.85. The Bertz CT molecular complexity index is 1590. The number of Topliss-reactive ketones (excluding diaryl/α,β-unsaturated/α-hetero) is 1. The lowest BCUT2D eigenvalue weighted by Gasteiger charge is -2.35. The number of likely N-dealkylation sites (tertiary alicyclic amines) is 1. The van der Waals surface area contributed by atoms with Gasteiger partial charge in [0.1, 0.15) is 11.5 Å². The number of hydrogen-bond donors (Lipinski definition) is 2. The second-order valence-corrected chi connectivity index (χ2v) is 11.0. The number of nitrogens with zero attached hydrogens (tertiary/aromatic N) is 2. The molecule has 1 aliphatic rings.